The highest BCUT2D eigenvalue weighted by Gasteiger charge is 2.28. The van der Waals surface area contributed by atoms with Gasteiger partial charge in [0.05, 0.1) is 29.7 Å². The summed E-state index contributed by atoms with van der Waals surface area (Å²) >= 11 is 7.01. The van der Waals surface area contributed by atoms with Gasteiger partial charge in [-0.3, -0.25) is 10.1 Å². The first-order chi connectivity index (χ1) is 14.3. The van der Waals surface area contributed by atoms with Crippen molar-refractivity contribution in [2.45, 2.75) is 4.90 Å². The number of nitro groups is 1. The fourth-order valence-electron chi connectivity index (χ4n) is 2.61. The van der Waals surface area contributed by atoms with E-state index in [1.807, 2.05) is 0 Å². The summed E-state index contributed by atoms with van der Waals surface area (Å²) in [6.07, 6.45) is 0. The van der Waals surface area contributed by atoms with Crippen LogP contribution in [0.2, 0.25) is 0 Å². The molecule has 9 nitrogen and oxygen atoms in total. The number of halogens is 1. The minimum Gasteiger partial charge on any atom is -0.493 e. The minimum atomic E-state index is -4.05. The lowest BCUT2D eigenvalue weighted by atomic mass is 10.1. The normalized spacial score (nSPS) is 11.2. The minimum absolute atomic E-state index is 0.0482. The van der Waals surface area contributed by atoms with Crippen LogP contribution in [-0.2, 0) is 10.0 Å². The van der Waals surface area contributed by atoms with E-state index in [1.165, 1.54) is 50.6 Å². The Kier molecular flexibility index (Phi) is 6.44. The average molecular weight is 470 g/mol. The predicted octanol–water partition coefficient (Wildman–Crippen LogP) is 4.13. The summed E-state index contributed by atoms with van der Waals surface area (Å²) in [7, 11) is -1.20. The van der Waals surface area contributed by atoms with Crippen molar-refractivity contribution in [2.24, 2.45) is 0 Å². The Hall–Kier alpha value is -2.89. The van der Waals surface area contributed by atoms with Gasteiger partial charge in [0, 0.05) is 29.1 Å². The summed E-state index contributed by atoms with van der Waals surface area (Å²) in [6, 6.07) is 9.74. The molecule has 0 amide bonds. The van der Waals surface area contributed by atoms with E-state index in [0.717, 1.165) is 15.6 Å². The Balaban J connectivity index is 1.99. The van der Waals surface area contributed by atoms with E-state index in [-0.39, 0.29) is 27.5 Å². The van der Waals surface area contributed by atoms with Crippen LogP contribution in [0.1, 0.15) is 0 Å². The van der Waals surface area contributed by atoms with Crippen molar-refractivity contribution in [3.05, 3.63) is 58.0 Å². The molecule has 0 atom stereocenters. The van der Waals surface area contributed by atoms with E-state index in [9.17, 15) is 18.5 Å². The van der Waals surface area contributed by atoms with Gasteiger partial charge in [0.2, 0.25) is 5.13 Å². The Labute approximate surface area is 181 Å². The molecule has 0 saturated carbocycles. The second-order valence-electron chi connectivity index (χ2n) is 5.81. The molecule has 2 aromatic carbocycles. The molecule has 0 bridgehead atoms. The molecule has 0 fully saturated rings. The number of hydrogen-bond acceptors (Lipinski definition) is 8. The second-order valence-corrected chi connectivity index (χ2v) is 8.75. The Morgan fingerprint density at radius 2 is 1.90 bits per heavy atom. The first-order valence-electron chi connectivity index (χ1n) is 8.33. The van der Waals surface area contributed by atoms with E-state index in [2.05, 4.69) is 4.98 Å². The van der Waals surface area contributed by atoms with Crippen LogP contribution in [0.5, 0.6) is 11.5 Å². The Morgan fingerprint density at radius 3 is 2.53 bits per heavy atom. The third-order valence-electron chi connectivity index (χ3n) is 4.11. The fraction of sp³-hybridized carbons (Fsp3) is 0.167. The van der Waals surface area contributed by atoms with E-state index >= 15 is 0 Å². The molecular formula is C18H16ClN3O6S2. The van der Waals surface area contributed by atoms with Gasteiger partial charge in [-0.05, 0) is 12.1 Å². The van der Waals surface area contributed by atoms with Gasteiger partial charge in [0.15, 0.2) is 11.5 Å². The molecule has 0 aliphatic heterocycles. The quantitative estimate of drug-likeness (QED) is 0.211. The lowest BCUT2D eigenvalue weighted by molar-refractivity contribution is -0.384. The number of nitro benzene ring substituents is 1. The number of rotatable bonds is 8. The molecule has 1 aromatic heterocycles. The van der Waals surface area contributed by atoms with E-state index in [1.54, 1.807) is 11.4 Å². The van der Waals surface area contributed by atoms with Gasteiger partial charge in [-0.25, -0.2) is 17.7 Å². The maximum absolute atomic E-state index is 13.1. The van der Waals surface area contributed by atoms with Gasteiger partial charge in [-0.1, -0.05) is 12.1 Å². The third-order valence-corrected chi connectivity index (χ3v) is 7.20. The zero-order chi connectivity index (χ0) is 21.9. The topological polar surface area (TPSA) is 112 Å². The number of benzene rings is 2. The number of sulfonamides is 1. The molecule has 3 aromatic rings. The molecule has 0 saturated heterocycles. The van der Waals surface area contributed by atoms with E-state index in [4.69, 9.17) is 21.1 Å². The number of non-ortho nitro benzene ring substituents is 1. The standard InChI is InChI=1S/C18H16ClN3O6S2/c1-27-16-7-6-14(9-17(16)28-2)30(25,26)21(11-19)18-20-15(10-29-18)12-4-3-5-13(8-12)22(23)24/h3-10H,11H2,1-2H3. The number of thiazole rings is 1. The van der Waals surface area contributed by atoms with Crippen molar-refractivity contribution in [3.63, 3.8) is 0 Å². The molecular weight excluding hydrogens is 454 g/mol. The Bertz CT molecular complexity index is 1180. The summed E-state index contributed by atoms with van der Waals surface area (Å²) in [5, 5.41) is 12.7. The zero-order valence-electron chi connectivity index (χ0n) is 15.8. The van der Waals surface area contributed by atoms with Crippen LogP contribution in [0.15, 0.2) is 52.7 Å². The predicted molar refractivity (Wildman–Crippen MR) is 114 cm³/mol. The molecule has 158 valence electrons. The summed E-state index contributed by atoms with van der Waals surface area (Å²) in [4.78, 5) is 14.8. The number of ether oxygens (including phenoxy) is 2. The smallest absolute Gasteiger partial charge is 0.270 e. The van der Waals surface area contributed by atoms with E-state index < -0.39 is 14.9 Å². The monoisotopic (exact) mass is 469 g/mol. The van der Waals surface area contributed by atoms with Crippen LogP contribution in [0.4, 0.5) is 10.8 Å². The summed E-state index contributed by atoms with van der Waals surface area (Å²) in [5.74, 6) is 0.639. The summed E-state index contributed by atoms with van der Waals surface area (Å²) in [5.41, 5.74) is 0.801. The van der Waals surface area contributed by atoms with Crippen molar-refractivity contribution in [2.75, 3.05) is 24.5 Å². The van der Waals surface area contributed by atoms with Crippen LogP contribution in [0, 0.1) is 10.1 Å². The van der Waals surface area contributed by atoms with E-state index in [0.29, 0.717) is 17.0 Å². The zero-order valence-corrected chi connectivity index (χ0v) is 18.2. The maximum Gasteiger partial charge on any atom is 0.270 e. The first kappa shape index (κ1) is 21.8. The van der Waals surface area contributed by atoms with Crippen molar-refractivity contribution in [1.29, 1.82) is 0 Å². The number of anilines is 1. The van der Waals surface area contributed by atoms with Crippen LogP contribution < -0.4 is 13.8 Å². The summed E-state index contributed by atoms with van der Waals surface area (Å²) in [6.45, 7) is 0. The molecule has 0 aliphatic carbocycles. The van der Waals surface area contributed by atoms with Crippen molar-refractivity contribution in [3.8, 4) is 22.8 Å². The number of aromatic nitrogens is 1. The number of nitrogens with zero attached hydrogens (tertiary/aromatic N) is 3. The van der Waals surface area contributed by atoms with Gasteiger partial charge < -0.3 is 9.47 Å². The van der Waals surface area contributed by atoms with Crippen molar-refractivity contribution >= 4 is 43.8 Å². The molecule has 3 rings (SSSR count). The van der Waals surface area contributed by atoms with Gasteiger partial charge in [-0.15, -0.1) is 22.9 Å². The lowest BCUT2D eigenvalue weighted by Gasteiger charge is -2.19. The van der Waals surface area contributed by atoms with Crippen molar-refractivity contribution < 1.29 is 22.8 Å². The van der Waals surface area contributed by atoms with Crippen LogP contribution in [0.3, 0.4) is 0 Å². The number of hydrogen-bond donors (Lipinski definition) is 0. The second kappa shape index (κ2) is 8.86. The van der Waals surface area contributed by atoms with Crippen LogP contribution >= 0.6 is 22.9 Å². The third kappa shape index (κ3) is 4.18. The summed E-state index contributed by atoms with van der Waals surface area (Å²) < 4.78 is 37.5. The fourth-order valence-corrected chi connectivity index (χ4v) is 5.47. The highest BCUT2D eigenvalue weighted by molar-refractivity contribution is 7.93. The largest absolute Gasteiger partial charge is 0.493 e. The first-order valence-corrected chi connectivity index (χ1v) is 11.2. The SMILES string of the molecule is COc1ccc(S(=O)(=O)N(CCl)c2nc(-c3cccc([N+](=O)[O-])c3)cs2)cc1OC. The van der Waals surface area contributed by atoms with Gasteiger partial charge in [-0.2, -0.15) is 0 Å². The molecule has 0 N–H and O–H groups in total. The molecule has 0 radical (unpaired) electrons. The lowest BCUT2D eigenvalue weighted by Crippen LogP contribution is -2.29. The van der Waals surface area contributed by atoms with Gasteiger partial charge in [0.1, 0.15) is 6.00 Å². The molecule has 0 spiro atoms. The molecule has 1 heterocycles. The van der Waals surface area contributed by atoms with Gasteiger partial charge in [0.25, 0.3) is 15.7 Å². The Morgan fingerprint density at radius 1 is 1.17 bits per heavy atom. The molecule has 30 heavy (non-hydrogen) atoms. The number of methoxy groups -OCH3 is 2. The highest BCUT2D eigenvalue weighted by atomic mass is 35.5. The maximum atomic E-state index is 13.1. The average Bonchev–Trinajstić information content (AvgIpc) is 3.23. The number of alkyl halides is 1. The highest BCUT2D eigenvalue weighted by Crippen LogP contribution is 2.35. The van der Waals surface area contributed by atoms with Gasteiger partial charge >= 0.3 is 0 Å². The molecule has 0 unspecified atom stereocenters. The molecule has 0 aliphatic rings. The van der Waals surface area contributed by atoms with Crippen LogP contribution in [-0.4, -0.2) is 38.5 Å². The van der Waals surface area contributed by atoms with Crippen molar-refractivity contribution in [1.82, 2.24) is 4.98 Å². The van der Waals surface area contributed by atoms with Crippen LogP contribution in [0.25, 0.3) is 11.3 Å². The molecule has 12 heteroatoms.